The van der Waals surface area contributed by atoms with Gasteiger partial charge in [0, 0.05) is 7.05 Å². The Balaban J connectivity index is 1.93. The van der Waals surface area contributed by atoms with E-state index in [-0.39, 0.29) is 17.3 Å². The van der Waals surface area contributed by atoms with E-state index in [1.165, 1.54) is 13.1 Å². The minimum atomic E-state index is -1.25. The monoisotopic (exact) mass is 427 g/mol. The summed E-state index contributed by atoms with van der Waals surface area (Å²) in [5.41, 5.74) is 1.92. The Morgan fingerprint density at radius 1 is 1.06 bits per heavy atom. The summed E-state index contributed by atoms with van der Waals surface area (Å²) in [4.78, 5) is 29.3. The number of hydrogen-bond donors (Lipinski definition) is 2. The third-order valence-corrected chi connectivity index (χ3v) is 4.82. The fraction of sp³-hybridized carbons (Fsp3) is 0.273. The summed E-state index contributed by atoms with van der Waals surface area (Å²) in [5, 5.41) is 9.21. The van der Waals surface area contributed by atoms with Crippen LogP contribution in [-0.2, 0) is 4.79 Å². The van der Waals surface area contributed by atoms with E-state index in [1.807, 2.05) is 24.3 Å². The van der Waals surface area contributed by atoms with Gasteiger partial charge in [0.05, 0.1) is 5.69 Å². The first-order chi connectivity index (χ1) is 14.7. The van der Waals surface area contributed by atoms with Gasteiger partial charge in [-0.1, -0.05) is 38.1 Å². The van der Waals surface area contributed by atoms with Crippen LogP contribution in [0.5, 0.6) is 0 Å². The van der Waals surface area contributed by atoms with Crippen LogP contribution in [0.15, 0.2) is 42.5 Å². The lowest BCUT2D eigenvalue weighted by Gasteiger charge is -2.17. The molecule has 0 radical (unpaired) electrons. The molecular weight excluding hydrogens is 404 g/mol. The van der Waals surface area contributed by atoms with Crippen molar-refractivity contribution < 1.29 is 18.4 Å². The zero-order valence-electron chi connectivity index (χ0n) is 17.6. The van der Waals surface area contributed by atoms with Crippen LogP contribution in [0.1, 0.15) is 53.4 Å². The van der Waals surface area contributed by atoms with Crippen molar-refractivity contribution in [1.29, 1.82) is 0 Å². The van der Waals surface area contributed by atoms with Gasteiger partial charge in [0.2, 0.25) is 11.7 Å². The molecule has 3 rings (SSSR count). The molecule has 1 unspecified atom stereocenters. The molecule has 2 aromatic carbocycles. The second kappa shape index (κ2) is 9.03. The lowest BCUT2D eigenvalue weighted by atomic mass is 10.0. The molecule has 0 bridgehead atoms. The molecule has 9 heteroatoms. The Bertz CT molecular complexity index is 1130. The van der Waals surface area contributed by atoms with Crippen molar-refractivity contribution in [2.45, 2.75) is 32.7 Å². The third kappa shape index (κ3) is 4.60. The predicted octanol–water partition coefficient (Wildman–Crippen LogP) is 3.19. The number of benzene rings is 2. The molecule has 31 heavy (non-hydrogen) atoms. The van der Waals surface area contributed by atoms with Gasteiger partial charge in [-0.3, -0.25) is 9.59 Å². The fourth-order valence-corrected chi connectivity index (χ4v) is 3.22. The first-order valence-electron chi connectivity index (χ1n) is 9.73. The van der Waals surface area contributed by atoms with E-state index in [4.69, 9.17) is 0 Å². The summed E-state index contributed by atoms with van der Waals surface area (Å²) in [6.07, 6.45) is 0. The molecule has 1 atom stereocenters. The van der Waals surface area contributed by atoms with Crippen LogP contribution >= 0.6 is 0 Å². The van der Waals surface area contributed by atoms with Crippen LogP contribution < -0.4 is 10.6 Å². The van der Waals surface area contributed by atoms with Gasteiger partial charge in [-0.2, -0.15) is 0 Å². The highest BCUT2D eigenvalue weighted by molar-refractivity contribution is 5.95. The molecule has 0 aliphatic carbocycles. The largest absolute Gasteiger partial charge is 0.357 e. The number of nitrogens with zero attached hydrogens (tertiary/aromatic N) is 3. The Kier molecular flexibility index (Phi) is 6.43. The second-order valence-electron chi connectivity index (χ2n) is 7.30. The van der Waals surface area contributed by atoms with Crippen LogP contribution in [0.2, 0.25) is 0 Å². The number of likely N-dealkylation sites (N-methyl/N-ethyl adjacent to an activating group) is 1. The smallest absolute Gasteiger partial charge is 0.291 e. The van der Waals surface area contributed by atoms with Crippen LogP contribution in [0.25, 0.3) is 5.69 Å². The molecule has 3 aromatic rings. The molecule has 2 N–H and O–H groups in total. The molecule has 0 fully saturated rings. The van der Waals surface area contributed by atoms with Crippen molar-refractivity contribution in [3.8, 4) is 5.69 Å². The summed E-state index contributed by atoms with van der Waals surface area (Å²) < 4.78 is 28.5. The van der Waals surface area contributed by atoms with Crippen molar-refractivity contribution in [1.82, 2.24) is 25.4 Å². The average molecular weight is 427 g/mol. The van der Waals surface area contributed by atoms with E-state index in [1.54, 1.807) is 11.6 Å². The molecule has 0 spiro atoms. The minimum absolute atomic E-state index is 0.0907. The highest BCUT2D eigenvalue weighted by Crippen LogP contribution is 2.23. The number of carbonyl (C=O) groups is 2. The number of carbonyl (C=O) groups excluding carboxylic acids is 2. The van der Waals surface area contributed by atoms with Crippen molar-refractivity contribution in [2.24, 2.45) is 0 Å². The second-order valence-corrected chi connectivity index (χ2v) is 7.30. The minimum Gasteiger partial charge on any atom is -0.357 e. The van der Waals surface area contributed by atoms with Gasteiger partial charge in [-0.05, 0) is 42.2 Å². The van der Waals surface area contributed by atoms with Gasteiger partial charge in [0.15, 0.2) is 11.6 Å². The van der Waals surface area contributed by atoms with E-state index in [2.05, 4.69) is 34.6 Å². The number of para-hydroxylation sites is 1. The van der Waals surface area contributed by atoms with Crippen molar-refractivity contribution in [2.75, 3.05) is 7.05 Å². The van der Waals surface area contributed by atoms with E-state index in [9.17, 15) is 18.4 Å². The number of aryl methyl sites for hydroxylation is 1. The van der Waals surface area contributed by atoms with Crippen molar-refractivity contribution in [3.05, 3.63) is 76.9 Å². The van der Waals surface area contributed by atoms with Crippen molar-refractivity contribution in [3.63, 3.8) is 0 Å². The molecule has 1 aromatic heterocycles. The number of hydrogen-bond acceptors (Lipinski definition) is 4. The summed E-state index contributed by atoms with van der Waals surface area (Å²) in [6.45, 7) is 5.81. The Morgan fingerprint density at radius 2 is 1.77 bits per heavy atom. The standard InChI is InChI=1S/C22H23F2N5O2/c1-12(2)15-7-5-6-8-18(15)29-13(3)26-20(28-29)22(31)27-19(21(30)25-4)14-9-10-16(23)17(24)11-14/h5-12,19H,1-4H3,(H,25,30)(H,27,31). The maximum absolute atomic E-state index is 13.7. The molecule has 0 aliphatic rings. The van der Waals surface area contributed by atoms with Gasteiger partial charge >= 0.3 is 0 Å². The Morgan fingerprint density at radius 3 is 2.42 bits per heavy atom. The first kappa shape index (κ1) is 22.1. The van der Waals surface area contributed by atoms with E-state index in [0.717, 1.165) is 23.4 Å². The predicted molar refractivity (Wildman–Crippen MR) is 111 cm³/mol. The molecule has 162 valence electrons. The van der Waals surface area contributed by atoms with Gasteiger partial charge < -0.3 is 10.6 Å². The molecule has 7 nitrogen and oxygen atoms in total. The molecule has 1 heterocycles. The normalized spacial score (nSPS) is 12.0. The lowest BCUT2D eigenvalue weighted by molar-refractivity contribution is -0.122. The highest BCUT2D eigenvalue weighted by Gasteiger charge is 2.26. The number of nitrogens with one attached hydrogen (secondary N) is 2. The third-order valence-electron chi connectivity index (χ3n) is 4.82. The molecule has 0 aliphatic heterocycles. The summed E-state index contributed by atoms with van der Waals surface area (Å²) in [6, 6.07) is 9.40. The summed E-state index contributed by atoms with van der Waals surface area (Å²) in [5.74, 6) is -2.92. The van der Waals surface area contributed by atoms with Crippen LogP contribution in [0.4, 0.5) is 8.78 Å². The van der Waals surface area contributed by atoms with Crippen LogP contribution in [0.3, 0.4) is 0 Å². The maximum atomic E-state index is 13.7. The summed E-state index contributed by atoms with van der Waals surface area (Å²) in [7, 11) is 1.38. The number of amides is 2. The molecular formula is C22H23F2N5O2. The zero-order chi connectivity index (χ0) is 22.7. The molecule has 0 saturated heterocycles. The number of halogens is 2. The Hall–Kier alpha value is -3.62. The fourth-order valence-electron chi connectivity index (χ4n) is 3.22. The quantitative estimate of drug-likeness (QED) is 0.632. The molecule has 2 amide bonds. The molecule has 0 saturated carbocycles. The van der Waals surface area contributed by atoms with E-state index >= 15 is 0 Å². The number of aromatic nitrogens is 3. The highest BCUT2D eigenvalue weighted by atomic mass is 19.2. The topological polar surface area (TPSA) is 88.9 Å². The first-order valence-corrected chi connectivity index (χ1v) is 9.73. The van der Waals surface area contributed by atoms with Gasteiger partial charge in [0.25, 0.3) is 5.91 Å². The van der Waals surface area contributed by atoms with Crippen molar-refractivity contribution >= 4 is 11.8 Å². The summed E-state index contributed by atoms with van der Waals surface area (Å²) >= 11 is 0. The maximum Gasteiger partial charge on any atom is 0.291 e. The zero-order valence-corrected chi connectivity index (χ0v) is 17.6. The Labute approximate surface area is 178 Å². The SMILES string of the molecule is CNC(=O)C(NC(=O)c1nc(C)n(-c2ccccc2C(C)C)n1)c1ccc(F)c(F)c1. The van der Waals surface area contributed by atoms with Gasteiger partial charge in [-0.15, -0.1) is 5.10 Å². The lowest BCUT2D eigenvalue weighted by Crippen LogP contribution is -2.39. The number of rotatable bonds is 6. The van der Waals surface area contributed by atoms with Gasteiger partial charge in [-0.25, -0.2) is 18.4 Å². The van der Waals surface area contributed by atoms with Gasteiger partial charge in [0.1, 0.15) is 11.9 Å². The van der Waals surface area contributed by atoms with Crippen LogP contribution in [0, 0.1) is 18.6 Å². The van der Waals surface area contributed by atoms with E-state index < -0.39 is 29.5 Å². The van der Waals surface area contributed by atoms with E-state index in [0.29, 0.717) is 5.82 Å². The van der Waals surface area contributed by atoms with Crippen LogP contribution in [-0.4, -0.2) is 33.6 Å². The average Bonchev–Trinajstić information content (AvgIpc) is 3.15.